The van der Waals surface area contributed by atoms with Gasteiger partial charge in [0.05, 0.1) is 24.3 Å². The van der Waals surface area contributed by atoms with Crippen molar-refractivity contribution in [2.24, 2.45) is 0 Å². The van der Waals surface area contributed by atoms with Crippen LogP contribution in [0.25, 0.3) is 0 Å². The molecule has 0 spiro atoms. The van der Waals surface area contributed by atoms with Gasteiger partial charge in [0.1, 0.15) is 12.4 Å². The van der Waals surface area contributed by atoms with Gasteiger partial charge in [-0.15, -0.1) is 0 Å². The van der Waals surface area contributed by atoms with E-state index in [9.17, 15) is 9.59 Å². The Morgan fingerprint density at radius 1 is 1.32 bits per heavy atom. The first-order chi connectivity index (χ1) is 10.7. The van der Waals surface area contributed by atoms with Crippen LogP contribution in [-0.2, 0) is 30.9 Å². The number of aromatic nitrogens is 2. The van der Waals surface area contributed by atoms with Crippen LogP contribution in [0.5, 0.6) is 0 Å². The number of aryl methyl sites for hydroxylation is 1. The van der Waals surface area contributed by atoms with Crippen molar-refractivity contribution in [3.8, 4) is 0 Å². The number of carbonyl (C=O) groups excluding carboxylic acids is 1. The van der Waals surface area contributed by atoms with Crippen molar-refractivity contribution >= 4 is 6.09 Å². The molecule has 114 valence electrons. The van der Waals surface area contributed by atoms with Gasteiger partial charge in [-0.3, -0.25) is 9.69 Å². The summed E-state index contributed by atoms with van der Waals surface area (Å²) in [4.78, 5) is 32.7. The maximum atomic E-state index is 12.1. The van der Waals surface area contributed by atoms with Gasteiger partial charge in [0.25, 0.3) is 5.56 Å². The van der Waals surface area contributed by atoms with E-state index in [-0.39, 0.29) is 18.7 Å². The summed E-state index contributed by atoms with van der Waals surface area (Å²) in [5.41, 5.74) is 1.98. The number of nitrogens with one attached hydrogen (secondary N) is 1. The molecule has 0 fully saturated rings. The summed E-state index contributed by atoms with van der Waals surface area (Å²) in [5, 5.41) is 0. The maximum absolute atomic E-state index is 12.1. The zero-order valence-corrected chi connectivity index (χ0v) is 12.3. The largest absolute Gasteiger partial charge is 0.445 e. The Labute approximate surface area is 127 Å². The minimum atomic E-state index is -0.431. The Kier molecular flexibility index (Phi) is 3.91. The molecule has 6 nitrogen and oxygen atoms in total. The van der Waals surface area contributed by atoms with Crippen molar-refractivity contribution in [3.05, 3.63) is 63.3 Å². The van der Waals surface area contributed by atoms with Crippen molar-refractivity contribution < 1.29 is 9.53 Å². The third-order valence-corrected chi connectivity index (χ3v) is 3.64. The highest BCUT2D eigenvalue weighted by Gasteiger charge is 2.28. The molecule has 0 saturated heterocycles. The SMILES string of the molecule is CCc1nc2c(c(=O)[nH]1)CN(C(=O)OCc1ccccc1)C2. The minimum absolute atomic E-state index is 0.166. The lowest BCUT2D eigenvalue weighted by Crippen LogP contribution is -2.26. The summed E-state index contributed by atoms with van der Waals surface area (Å²) < 4.78 is 5.29. The number of fused-ring (bicyclic) bond motifs is 1. The summed E-state index contributed by atoms with van der Waals surface area (Å²) in [6.45, 7) is 2.71. The summed E-state index contributed by atoms with van der Waals surface area (Å²) >= 11 is 0. The molecule has 0 atom stereocenters. The number of carbonyl (C=O) groups is 1. The van der Waals surface area contributed by atoms with Gasteiger partial charge in [-0.2, -0.15) is 0 Å². The summed E-state index contributed by atoms with van der Waals surface area (Å²) in [6.07, 6.45) is 0.223. The van der Waals surface area contributed by atoms with Gasteiger partial charge >= 0.3 is 6.09 Å². The first-order valence-corrected chi connectivity index (χ1v) is 7.24. The van der Waals surface area contributed by atoms with Crippen LogP contribution in [0.4, 0.5) is 4.79 Å². The monoisotopic (exact) mass is 299 g/mol. The molecule has 1 amide bonds. The molecule has 6 heteroatoms. The predicted molar refractivity (Wildman–Crippen MR) is 80.1 cm³/mol. The number of H-pyrrole nitrogens is 1. The molecule has 1 aromatic carbocycles. The smallest absolute Gasteiger partial charge is 0.410 e. The van der Waals surface area contributed by atoms with Crippen LogP contribution in [-0.4, -0.2) is 21.0 Å². The Bertz CT molecular complexity index is 740. The van der Waals surface area contributed by atoms with Gasteiger partial charge in [0.15, 0.2) is 0 Å². The number of benzene rings is 1. The van der Waals surface area contributed by atoms with E-state index in [2.05, 4.69) is 9.97 Å². The van der Waals surface area contributed by atoms with Crippen LogP contribution in [0.15, 0.2) is 35.1 Å². The van der Waals surface area contributed by atoms with Gasteiger partial charge < -0.3 is 9.72 Å². The van der Waals surface area contributed by atoms with Crippen LogP contribution < -0.4 is 5.56 Å². The van der Waals surface area contributed by atoms with E-state index in [1.807, 2.05) is 37.3 Å². The van der Waals surface area contributed by atoms with Crippen LogP contribution in [0.2, 0.25) is 0 Å². The van der Waals surface area contributed by atoms with E-state index >= 15 is 0 Å². The Hall–Kier alpha value is -2.63. The van der Waals surface area contributed by atoms with Crippen molar-refractivity contribution in [2.45, 2.75) is 33.0 Å². The molecule has 1 aliphatic rings. The van der Waals surface area contributed by atoms with E-state index in [0.29, 0.717) is 30.0 Å². The highest BCUT2D eigenvalue weighted by molar-refractivity contribution is 5.68. The summed E-state index contributed by atoms with van der Waals surface area (Å²) in [5.74, 6) is 0.642. The number of nitrogens with zero attached hydrogens (tertiary/aromatic N) is 2. The quantitative estimate of drug-likeness (QED) is 0.940. The van der Waals surface area contributed by atoms with Gasteiger partial charge in [-0.1, -0.05) is 37.3 Å². The van der Waals surface area contributed by atoms with Crippen LogP contribution in [0, 0.1) is 0 Å². The lowest BCUT2D eigenvalue weighted by atomic mass is 10.2. The highest BCUT2D eigenvalue weighted by atomic mass is 16.6. The summed E-state index contributed by atoms with van der Waals surface area (Å²) in [6, 6.07) is 9.48. The first-order valence-electron chi connectivity index (χ1n) is 7.24. The van der Waals surface area contributed by atoms with Crippen molar-refractivity contribution in [2.75, 3.05) is 0 Å². The molecule has 2 heterocycles. The maximum Gasteiger partial charge on any atom is 0.410 e. The second kappa shape index (κ2) is 6.01. The zero-order valence-electron chi connectivity index (χ0n) is 12.3. The van der Waals surface area contributed by atoms with Crippen LogP contribution in [0.3, 0.4) is 0 Å². The Balaban J connectivity index is 1.66. The summed E-state index contributed by atoms with van der Waals surface area (Å²) in [7, 11) is 0. The number of hydrogen-bond acceptors (Lipinski definition) is 4. The van der Waals surface area contributed by atoms with E-state index in [1.54, 1.807) is 0 Å². The normalized spacial score (nSPS) is 13.0. The molecule has 1 N–H and O–H groups in total. The molecule has 0 bridgehead atoms. The molecular formula is C16H17N3O3. The molecule has 22 heavy (non-hydrogen) atoms. The van der Waals surface area contributed by atoms with Gasteiger partial charge in [-0.05, 0) is 5.56 Å². The van der Waals surface area contributed by atoms with Crippen molar-refractivity contribution in [3.63, 3.8) is 0 Å². The van der Waals surface area contributed by atoms with E-state index < -0.39 is 6.09 Å². The van der Waals surface area contributed by atoms with E-state index in [0.717, 1.165) is 5.56 Å². The molecule has 2 aromatic rings. The Morgan fingerprint density at radius 2 is 2.09 bits per heavy atom. The number of aromatic amines is 1. The molecule has 3 rings (SSSR count). The molecule has 0 saturated carbocycles. The average molecular weight is 299 g/mol. The van der Waals surface area contributed by atoms with Gasteiger partial charge in [0.2, 0.25) is 0 Å². The van der Waals surface area contributed by atoms with E-state index in [4.69, 9.17) is 4.74 Å². The third-order valence-electron chi connectivity index (χ3n) is 3.64. The minimum Gasteiger partial charge on any atom is -0.445 e. The highest BCUT2D eigenvalue weighted by Crippen LogP contribution is 2.19. The Morgan fingerprint density at radius 3 is 2.82 bits per heavy atom. The zero-order chi connectivity index (χ0) is 15.5. The average Bonchev–Trinajstić information content (AvgIpc) is 2.98. The molecule has 1 aliphatic heterocycles. The third kappa shape index (κ3) is 2.86. The predicted octanol–water partition coefficient (Wildman–Crippen LogP) is 1.98. The van der Waals surface area contributed by atoms with E-state index in [1.165, 1.54) is 4.90 Å². The fourth-order valence-corrected chi connectivity index (χ4v) is 2.42. The molecule has 0 aliphatic carbocycles. The lowest BCUT2D eigenvalue weighted by Gasteiger charge is -2.14. The topological polar surface area (TPSA) is 75.3 Å². The fraction of sp³-hybridized carbons (Fsp3) is 0.312. The molecular weight excluding hydrogens is 282 g/mol. The second-order valence-electron chi connectivity index (χ2n) is 5.19. The molecule has 0 unspecified atom stereocenters. The number of rotatable bonds is 3. The van der Waals surface area contributed by atoms with Crippen LogP contribution in [0.1, 0.15) is 29.6 Å². The standard InChI is InChI=1S/C16H17N3O3/c1-2-14-17-13-9-19(8-12(13)15(20)18-14)16(21)22-10-11-6-4-3-5-7-11/h3-7H,2,8-10H2,1H3,(H,17,18,20). The number of hydrogen-bond donors (Lipinski definition) is 1. The molecule has 1 aromatic heterocycles. The van der Waals surface area contributed by atoms with Crippen molar-refractivity contribution in [1.82, 2.24) is 14.9 Å². The van der Waals surface area contributed by atoms with Crippen LogP contribution >= 0.6 is 0 Å². The van der Waals surface area contributed by atoms with Crippen molar-refractivity contribution in [1.29, 1.82) is 0 Å². The lowest BCUT2D eigenvalue weighted by molar-refractivity contribution is 0.0952. The first kappa shape index (κ1) is 14.3. The number of ether oxygens (including phenoxy) is 1. The fourth-order valence-electron chi connectivity index (χ4n) is 2.42. The number of amides is 1. The molecule has 0 radical (unpaired) electrons. The van der Waals surface area contributed by atoms with Gasteiger partial charge in [0, 0.05) is 6.42 Å². The van der Waals surface area contributed by atoms with Gasteiger partial charge in [-0.25, -0.2) is 9.78 Å². The second-order valence-corrected chi connectivity index (χ2v) is 5.19.